The van der Waals surface area contributed by atoms with E-state index in [-0.39, 0.29) is 0 Å². The third-order valence-corrected chi connectivity index (χ3v) is 3.62. The first-order valence-corrected chi connectivity index (χ1v) is 7.69. The molecule has 1 aromatic carbocycles. The third-order valence-electron chi connectivity index (χ3n) is 2.44. The van der Waals surface area contributed by atoms with Crippen LogP contribution < -0.4 is 10.1 Å². The van der Waals surface area contributed by atoms with Crippen LogP contribution in [0.2, 0.25) is 0 Å². The summed E-state index contributed by atoms with van der Waals surface area (Å²) in [5.74, 6) is 0.836. The molecule has 0 saturated heterocycles. The van der Waals surface area contributed by atoms with E-state index >= 15 is 0 Å². The van der Waals surface area contributed by atoms with Gasteiger partial charge in [0.1, 0.15) is 5.75 Å². The van der Waals surface area contributed by atoms with E-state index in [1.165, 1.54) is 5.56 Å². The minimum atomic E-state index is 0.631. The lowest BCUT2D eigenvalue weighted by atomic mass is 10.2. The normalized spacial score (nSPS) is 10.5. The fourth-order valence-corrected chi connectivity index (χ4v) is 3.01. The number of rotatable bonds is 9. The molecule has 0 aliphatic heterocycles. The number of hydrogen-bond acceptors (Lipinski definition) is 3. The molecule has 0 radical (unpaired) electrons. The van der Waals surface area contributed by atoms with E-state index in [4.69, 9.17) is 9.47 Å². The van der Waals surface area contributed by atoms with Crippen molar-refractivity contribution < 1.29 is 9.47 Å². The van der Waals surface area contributed by atoms with Crippen LogP contribution in [0.5, 0.6) is 5.75 Å². The summed E-state index contributed by atoms with van der Waals surface area (Å²) < 4.78 is 12.6. The van der Waals surface area contributed by atoms with Gasteiger partial charge in [-0.25, -0.2) is 0 Å². The molecule has 1 N–H and O–H groups in total. The van der Waals surface area contributed by atoms with Crippen molar-refractivity contribution in [1.82, 2.24) is 5.32 Å². The molecule has 0 saturated carbocycles. The number of benzene rings is 1. The van der Waals surface area contributed by atoms with Crippen molar-refractivity contribution in [3.63, 3.8) is 0 Å². The molecule has 0 spiro atoms. The smallest absolute Gasteiger partial charge is 0.147 e. The predicted octanol–water partition coefficient (Wildman–Crippen LogP) is 3.90. The fourth-order valence-electron chi connectivity index (χ4n) is 1.50. The summed E-state index contributed by atoms with van der Waals surface area (Å²) in [5, 5.41) is 3.31. The first-order valence-electron chi connectivity index (χ1n) is 6.10. The number of nitrogens with one attached hydrogen (secondary N) is 1. The van der Waals surface area contributed by atoms with Crippen LogP contribution in [0.25, 0.3) is 0 Å². The Morgan fingerprint density at radius 3 is 2.53 bits per heavy atom. The molecule has 0 heterocycles. The van der Waals surface area contributed by atoms with Gasteiger partial charge in [-0.3, -0.25) is 0 Å². The fraction of sp³-hybridized carbons (Fsp3) is 0.429. The largest absolute Gasteiger partial charge is 0.491 e. The van der Waals surface area contributed by atoms with Gasteiger partial charge in [0.15, 0.2) is 0 Å². The van der Waals surface area contributed by atoms with Crippen LogP contribution in [0.15, 0.2) is 33.7 Å². The van der Waals surface area contributed by atoms with E-state index in [0.717, 1.165) is 34.2 Å². The summed E-state index contributed by atoms with van der Waals surface area (Å²) in [4.78, 5) is 0. The van der Waals surface area contributed by atoms with Crippen molar-refractivity contribution in [2.75, 3.05) is 26.9 Å². The first-order chi connectivity index (χ1) is 9.19. The molecule has 1 aromatic rings. The minimum absolute atomic E-state index is 0.631. The Morgan fingerprint density at radius 1 is 1.26 bits per heavy atom. The van der Waals surface area contributed by atoms with Crippen molar-refractivity contribution in [2.45, 2.75) is 13.0 Å². The molecule has 5 heteroatoms. The monoisotopic (exact) mass is 391 g/mol. The van der Waals surface area contributed by atoms with Crippen molar-refractivity contribution in [2.24, 2.45) is 0 Å². The molecule has 106 valence electrons. The summed E-state index contributed by atoms with van der Waals surface area (Å²) in [7, 11) is 1.70. The summed E-state index contributed by atoms with van der Waals surface area (Å²) in [6.07, 6.45) is 2.68. The topological polar surface area (TPSA) is 30.5 Å². The Hall–Kier alpha value is -0.360. The highest BCUT2D eigenvalue weighted by Crippen LogP contribution is 2.34. The zero-order valence-electron chi connectivity index (χ0n) is 11.0. The lowest BCUT2D eigenvalue weighted by Gasteiger charge is -2.12. The van der Waals surface area contributed by atoms with E-state index in [2.05, 4.69) is 55.9 Å². The highest BCUT2D eigenvalue weighted by atomic mass is 79.9. The van der Waals surface area contributed by atoms with Crippen molar-refractivity contribution in [3.8, 4) is 5.75 Å². The number of methoxy groups -OCH3 is 1. The van der Waals surface area contributed by atoms with E-state index < -0.39 is 0 Å². The minimum Gasteiger partial charge on any atom is -0.491 e. The summed E-state index contributed by atoms with van der Waals surface area (Å²) in [6.45, 7) is 6.66. The molecule has 0 aliphatic rings. The Balaban J connectivity index is 2.59. The third kappa shape index (κ3) is 6.08. The van der Waals surface area contributed by atoms with Crippen molar-refractivity contribution in [3.05, 3.63) is 39.3 Å². The first kappa shape index (κ1) is 16.7. The van der Waals surface area contributed by atoms with Gasteiger partial charge in [0.2, 0.25) is 0 Å². The van der Waals surface area contributed by atoms with Crippen LogP contribution in [-0.2, 0) is 11.3 Å². The van der Waals surface area contributed by atoms with E-state index in [1.54, 1.807) is 7.11 Å². The second-order valence-electron chi connectivity index (χ2n) is 3.98. The predicted molar refractivity (Wildman–Crippen MR) is 85.7 cm³/mol. The van der Waals surface area contributed by atoms with Gasteiger partial charge in [-0.1, -0.05) is 6.08 Å². The zero-order chi connectivity index (χ0) is 14.1. The van der Waals surface area contributed by atoms with Gasteiger partial charge in [-0.15, -0.1) is 6.58 Å². The molecule has 0 bridgehead atoms. The Labute approximate surface area is 131 Å². The van der Waals surface area contributed by atoms with E-state index in [1.807, 2.05) is 6.08 Å². The summed E-state index contributed by atoms with van der Waals surface area (Å²) in [5.41, 5.74) is 1.19. The van der Waals surface area contributed by atoms with Crippen molar-refractivity contribution in [1.29, 1.82) is 0 Å². The number of hydrogen-bond donors (Lipinski definition) is 1. The van der Waals surface area contributed by atoms with Gasteiger partial charge in [0.05, 0.1) is 22.2 Å². The lowest BCUT2D eigenvalue weighted by molar-refractivity contribution is 0.199. The molecule has 3 nitrogen and oxygen atoms in total. The second kappa shape index (κ2) is 9.53. The lowest BCUT2D eigenvalue weighted by Crippen LogP contribution is -2.18. The van der Waals surface area contributed by atoms with Crippen molar-refractivity contribution >= 4 is 31.9 Å². The molecule has 0 atom stereocenters. The Bertz CT molecular complexity index is 387. The standard InChI is InChI=1S/C14H19Br2NO2/c1-3-4-6-19-14-12(15)8-11(9-13(14)16)10-17-5-7-18-2/h3,8-9,17H,1,4-7,10H2,2H3. The molecular formula is C14H19Br2NO2. The van der Waals surface area contributed by atoms with Crippen LogP contribution in [-0.4, -0.2) is 26.9 Å². The zero-order valence-corrected chi connectivity index (χ0v) is 14.2. The average molecular weight is 393 g/mol. The van der Waals surface area contributed by atoms with E-state index in [9.17, 15) is 0 Å². The van der Waals surface area contributed by atoms with E-state index in [0.29, 0.717) is 13.2 Å². The number of ether oxygens (including phenoxy) is 2. The van der Waals surface area contributed by atoms with Gasteiger partial charge in [-0.2, -0.15) is 0 Å². The van der Waals surface area contributed by atoms with Crippen LogP contribution in [0.3, 0.4) is 0 Å². The number of halogens is 2. The van der Waals surface area contributed by atoms with Gasteiger partial charge in [-0.05, 0) is 56.0 Å². The molecule has 1 rings (SSSR count). The highest BCUT2D eigenvalue weighted by molar-refractivity contribution is 9.11. The Morgan fingerprint density at radius 2 is 1.95 bits per heavy atom. The van der Waals surface area contributed by atoms with Crippen LogP contribution in [0, 0.1) is 0 Å². The maximum atomic E-state index is 5.70. The average Bonchev–Trinajstić information content (AvgIpc) is 2.38. The van der Waals surface area contributed by atoms with Gasteiger partial charge < -0.3 is 14.8 Å². The summed E-state index contributed by atoms with van der Waals surface area (Å²) >= 11 is 7.08. The molecule has 0 unspecified atom stereocenters. The molecule has 0 aliphatic carbocycles. The maximum Gasteiger partial charge on any atom is 0.147 e. The van der Waals surface area contributed by atoms with Gasteiger partial charge >= 0.3 is 0 Å². The molecular weight excluding hydrogens is 374 g/mol. The van der Waals surface area contributed by atoms with Gasteiger partial charge in [0, 0.05) is 20.2 Å². The van der Waals surface area contributed by atoms with Crippen LogP contribution in [0.1, 0.15) is 12.0 Å². The van der Waals surface area contributed by atoms with Gasteiger partial charge in [0.25, 0.3) is 0 Å². The SMILES string of the molecule is C=CCCOc1c(Br)cc(CNCCOC)cc1Br. The Kier molecular flexibility index (Phi) is 8.37. The highest BCUT2D eigenvalue weighted by Gasteiger charge is 2.08. The van der Waals surface area contributed by atoms with Crippen LogP contribution >= 0.6 is 31.9 Å². The maximum absolute atomic E-state index is 5.70. The second-order valence-corrected chi connectivity index (χ2v) is 5.69. The van der Waals surface area contributed by atoms with Crippen LogP contribution in [0.4, 0.5) is 0 Å². The molecule has 0 amide bonds. The molecule has 19 heavy (non-hydrogen) atoms. The quantitative estimate of drug-likeness (QED) is 0.510. The molecule has 0 aromatic heterocycles. The summed E-state index contributed by atoms with van der Waals surface area (Å²) in [6, 6.07) is 4.13. The molecule has 0 fully saturated rings.